The molecule has 2 aromatic carbocycles. The zero-order chi connectivity index (χ0) is 20.1. The Kier molecular flexibility index (Phi) is 6.19. The summed E-state index contributed by atoms with van der Waals surface area (Å²) in [6, 6.07) is 11.6. The first-order valence-corrected chi connectivity index (χ1v) is 9.11. The highest BCUT2D eigenvalue weighted by atomic mass is 32.2. The molecule has 0 aliphatic heterocycles. The fourth-order valence-corrected chi connectivity index (χ4v) is 3.26. The topological polar surface area (TPSA) is 79.1 Å². The number of benzene rings is 2. The first-order valence-electron chi connectivity index (χ1n) is 8.13. The molecule has 0 aliphatic carbocycles. The minimum absolute atomic E-state index is 0.0570. The number of halogens is 2. The molecule has 0 bridgehead atoms. The van der Waals surface area contributed by atoms with Gasteiger partial charge in [-0.05, 0) is 41.6 Å². The number of carbonyl (C=O) groups excluding carboxylic acids is 1. The van der Waals surface area contributed by atoms with Gasteiger partial charge in [-0.3, -0.25) is 4.79 Å². The van der Waals surface area contributed by atoms with Gasteiger partial charge in [0.05, 0.1) is 18.4 Å². The van der Waals surface area contributed by atoms with Crippen LogP contribution in [-0.2, 0) is 0 Å². The number of para-hydroxylation sites is 2. The first kappa shape index (κ1) is 19.7. The van der Waals surface area contributed by atoms with E-state index in [0.717, 1.165) is 17.3 Å². The molecule has 0 saturated carbocycles. The third-order valence-corrected chi connectivity index (χ3v) is 4.66. The summed E-state index contributed by atoms with van der Waals surface area (Å²) in [6.07, 6.45) is 0. The smallest absolute Gasteiger partial charge is 0.387 e. The molecule has 0 saturated heterocycles. The molecule has 3 aromatic rings. The molecule has 0 radical (unpaired) electrons. The fraction of sp³-hybridized carbons (Fsp3) is 0.222. The summed E-state index contributed by atoms with van der Waals surface area (Å²) in [7, 11) is 1.53. The number of tetrazole rings is 1. The molecule has 0 amide bonds. The first-order chi connectivity index (χ1) is 13.5. The van der Waals surface area contributed by atoms with Crippen LogP contribution in [0.2, 0.25) is 0 Å². The Balaban J connectivity index is 1.80. The number of rotatable bonds is 8. The number of carbonyl (C=O) groups is 1. The molecule has 0 aliphatic rings. The number of hydrogen-bond acceptors (Lipinski definition) is 7. The van der Waals surface area contributed by atoms with E-state index in [1.54, 1.807) is 31.2 Å². The van der Waals surface area contributed by atoms with Gasteiger partial charge in [0.25, 0.3) is 0 Å². The van der Waals surface area contributed by atoms with Gasteiger partial charge in [-0.1, -0.05) is 35.5 Å². The van der Waals surface area contributed by atoms with Crippen molar-refractivity contribution in [2.75, 3.05) is 12.9 Å². The standard InChI is InChI=1S/C18H16F2N4O3S/c1-11-7-8-15(27-17(19)20)12(9-11)14(25)10-28-18-21-22-23-24(18)13-5-3-4-6-16(13)26-2/h3-9,17H,10H2,1-2H3. The molecular formula is C18H16F2N4O3S. The number of nitrogens with zero attached hydrogens (tertiary/aromatic N) is 4. The van der Waals surface area contributed by atoms with Crippen molar-refractivity contribution in [1.82, 2.24) is 20.2 Å². The van der Waals surface area contributed by atoms with Crippen molar-refractivity contribution in [2.45, 2.75) is 18.7 Å². The van der Waals surface area contributed by atoms with Crippen LogP contribution in [0.5, 0.6) is 11.5 Å². The zero-order valence-corrected chi connectivity index (χ0v) is 15.8. The van der Waals surface area contributed by atoms with Gasteiger partial charge < -0.3 is 9.47 Å². The predicted molar refractivity (Wildman–Crippen MR) is 98.6 cm³/mol. The monoisotopic (exact) mass is 406 g/mol. The van der Waals surface area contributed by atoms with E-state index in [1.807, 2.05) is 6.07 Å². The second kappa shape index (κ2) is 8.79. The quantitative estimate of drug-likeness (QED) is 0.418. The minimum Gasteiger partial charge on any atom is -0.494 e. The van der Waals surface area contributed by atoms with E-state index in [-0.39, 0.29) is 22.8 Å². The van der Waals surface area contributed by atoms with Crippen LogP contribution in [0.25, 0.3) is 5.69 Å². The van der Waals surface area contributed by atoms with Crippen molar-refractivity contribution in [3.05, 3.63) is 53.6 Å². The molecular weight excluding hydrogens is 390 g/mol. The lowest BCUT2D eigenvalue weighted by Crippen LogP contribution is -2.10. The van der Waals surface area contributed by atoms with Gasteiger partial charge in [-0.2, -0.15) is 13.5 Å². The van der Waals surface area contributed by atoms with Crippen LogP contribution in [0.1, 0.15) is 15.9 Å². The number of ketones is 1. The van der Waals surface area contributed by atoms with E-state index in [9.17, 15) is 13.6 Å². The number of aryl methyl sites for hydroxylation is 1. The lowest BCUT2D eigenvalue weighted by Gasteiger charge is -2.11. The van der Waals surface area contributed by atoms with Crippen LogP contribution in [0, 0.1) is 6.92 Å². The summed E-state index contributed by atoms with van der Waals surface area (Å²) in [5.41, 5.74) is 1.46. The van der Waals surface area contributed by atoms with Crippen molar-refractivity contribution in [2.24, 2.45) is 0 Å². The summed E-state index contributed by atoms with van der Waals surface area (Å²) in [5.74, 6) is -0.0257. The molecule has 10 heteroatoms. The summed E-state index contributed by atoms with van der Waals surface area (Å²) >= 11 is 1.08. The Bertz CT molecular complexity index is 981. The van der Waals surface area contributed by atoms with Gasteiger partial charge in [0.1, 0.15) is 17.2 Å². The summed E-state index contributed by atoms with van der Waals surface area (Å²) in [6.45, 7) is -1.25. The highest BCUT2D eigenvalue weighted by molar-refractivity contribution is 7.99. The van der Waals surface area contributed by atoms with Crippen LogP contribution in [0.3, 0.4) is 0 Å². The maximum atomic E-state index is 12.6. The largest absolute Gasteiger partial charge is 0.494 e. The van der Waals surface area contributed by atoms with Crippen molar-refractivity contribution in [3.63, 3.8) is 0 Å². The maximum absolute atomic E-state index is 12.6. The van der Waals surface area contributed by atoms with E-state index in [2.05, 4.69) is 20.3 Å². The van der Waals surface area contributed by atoms with Gasteiger partial charge in [0.2, 0.25) is 5.16 Å². The van der Waals surface area contributed by atoms with Crippen LogP contribution in [-0.4, -0.2) is 45.5 Å². The second-order valence-electron chi connectivity index (χ2n) is 5.64. The molecule has 1 aromatic heterocycles. The van der Waals surface area contributed by atoms with Gasteiger partial charge in [0, 0.05) is 0 Å². The molecule has 1 heterocycles. The zero-order valence-electron chi connectivity index (χ0n) is 15.0. The molecule has 7 nitrogen and oxygen atoms in total. The van der Waals surface area contributed by atoms with Crippen LogP contribution in [0.4, 0.5) is 8.78 Å². The molecule has 0 unspecified atom stereocenters. The van der Waals surface area contributed by atoms with Gasteiger partial charge in [0.15, 0.2) is 5.78 Å². The number of hydrogen-bond donors (Lipinski definition) is 0. The third-order valence-electron chi connectivity index (χ3n) is 3.74. The van der Waals surface area contributed by atoms with Crippen LogP contribution >= 0.6 is 11.8 Å². The average Bonchev–Trinajstić information content (AvgIpc) is 3.15. The molecule has 0 atom stereocenters. The third kappa shape index (κ3) is 4.45. The number of thioether (sulfide) groups is 1. The molecule has 0 fully saturated rings. The maximum Gasteiger partial charge on any atom is 0.387 e. The average molecular weight is 406 g/mol. The summed E-state index contributed by atoms with van der Waals surface area (Å²) in [4.78, 5) is 12.6. The van der Waals surface area contributed by atoms with E-state index >= 15 is 0 Å². The fourth-order valence-electron chi connectivity index (χ4n) is 2.49. The minimum atomic E-state index is -3.01. The van der Waals surface area contributed by atoms with Crippen LogP contribution < -0.4 is 9.47 Å². The molecule has 146 valence electrons. The van der Waals surface area contributed by atoms with Gasteiger partial charge >= 0.3 is 6.61 Å². The van der Waals surface area contributed by atoms with Crippen molar-refractivity contribution in [1.29, 1.82) is 0 Å². The SMILES string of the molecule is COc1ccccc1-n1nnnc1SCC(=O)c1cc(C)ccc1OC(F)F. The Labute approximate surface area is 163 Å². The molecule has 28 heavy (non-hydrogen) atoms. The van der Waals surface area contributed by atoms with Crippen molar-refractivity contribution in [3.8, 4) is 17.2 Å². The number of alkyl halides is 2. The Morgan fingerprint density at radius 2 is 2.00 bits per heavy atom. The van der Waals surface area contributed by atoms with Gasteiger partial charge in [-0.25, -0.2) is 0 Å². The Hall–Kier alpha value is -3.01. The molecule has 0 spiro atoms. The van der Waals surface area contributed by atoms with E-state index in [0.29, 0.717) is 16.6 Å². The van der Waals surface area contributed by atoms with Gasteiger partial charge in [-0.15, -0.1) is 5.10 Å². The molecule has 3 rings (SSSR count). The molecule has 0 N–H and O–H groups in total. The Morgan fingerprint density at radius 3 is 2.75 bits per heavy atom. The predicted octanol–water partition coefficient (Wildman–Crippen LogP) is 3.56. The number of Topliss-reactive ketones (excluding diaryl/α,β-unsaturated/α-hetero) is 1. The van der Waals surface area contributed by atoms with E-state index in [1.165, 1.54) is 23.9 Å². The second-order valence-corrected chi connectivity index (χ2v) is 6.58. The lowest BCUT2D eigenvalue weighted by atomic mass is 10.1. The van der Waals surface area contributed by atoms with Crippen LogP contribution in [0.15, 0.2) is 47.6 Å². The number of methoxy groups -OCH3 is 1. The van der Waals surface area contributed by atoms with E-state index < -0.39 is 6.61 Å². The number of ether oxygens (including phenoxy) is 2. The Morgan fingerprint density at radius 1 is 1.21 bits per heavy atom. The normalized spacial score (nSPS) is 10.9. The lowest BCUT2D eigenvalue weighted by molar-refractivity contribution is -0.0501. The number of aromatic nitrogens is 4. The van der Waals surface area contributed by atoms with Crippen molar-refractivity contribution < 1.29 is 23.0 Å². The highest BCUT2D eigenvalue weighted by Crippen LogP contribution is 2.28. The van der Waals surface area contributed by atoms with Crippen molar-refractivity contribution >= 4 is 17.5 Å². The summed E-state index contributed by atoms with van der Waals surface area (Å²) < 4.78 is 36.4. The highest BCUT2D eigenvalue weighted by Gasteiger charge is 2.19. The van der Waals surface area contributed by atoms with E-state index in [4.69, 9.17) is 4.74 Å². The summed E-state index contributed by atoms with van der Waals surface area (Å²) in [5, 5.41) is 11.9.